The monoisotopic (exact) mass is 470 g/mol. The number of hydrogen-bond acceptors (Lipinski definition) is 7. The lowest BCUT2D eigenvalue weighted by molar-refractivity contribution is -0.154. The van der Waals surface area contributed by atoms with Gasteiger partial charge in [-0.15, -0.1) is 0 Å². The molecule has 3 N–H and O–H groups in total. The van der Waals surface area contributed by atoms with E-state index in [1.165, 1.54) is 89.9 Å². The van der Waals surface area contributed by atoms with Gasteiger partial charge >= 0.3 is 11.9 Å². The van der Waals surface area contributed by atoms with E-state index in [-0.39, 0.29) is 6.42 Å². The summed E-state index contributed by atoms with van der Waals surface area (Å²) in [4.78, 5) is 22.9. The van der Waals surface area contributed by atoms with Gasteiger partial charge < -0.3 is 24.8 Å². The zero-order valence-electron chi connectivity index (χ0n) is 20.6. The molecule has 1 rings (SSSR count). The van der Waals surface area contributed by atoms with E-state index in [0.29, 0.717) is 0 Å². The molecule has 1 heterocycles. The van der Waals surface area contributed by atoms with Gasteiger partial charge in [0.2, 0.25) is 5.76 Å². The maximum atomic E-state index is 11.8. The van der Waals surface area contributed by atoms with Crippen LogP contribution in [-0.2, 0) is 19.1 Å². The second-order valence-corrected chi connectivity index (χ2v) is 9.22. The third-order valence-corrected chi connectivity index (χ3v) is 6.19. The minimum atomic E-state index is -1.42. The lowest BCUT2D eigenvalue weighted by Crippen LogP contribution is -2.33. The van der Waals surface area contributed by atoms with E-state index < -0.39 is 42.3 Å². The van der Waals surface area contributed by atoms with Crippen LogP contribution in [0.15, 0.2) is 11.5 Å². The maximum absolute atomic E-state index is 11.8. The Labute approximate surface area is 199 Å². The van der Waals surface area contributed by atoms with Crippen molar-refractivity contribution in [3.05, 3.63) is 11.5 Å². The molecular weight excluding hydrogens is 424 g/mol. The van der Waals surface area contributed by atoms with Crippen LogP contribution in [0.3, 0.4) is 0 Å². The Hall–Kier alpha value is -1.76. The summed E-state index contributed by atoms with van der Waals surface area (Å²) in [6.07, 6.45) is 19.1. The highest BCUT2D eigenvalue weighted by Gasteiger charge is 2.39. The summed E-state index contributed by atoms with van der Waals surface area (Å²) in [5, 5.41) is 28.6. The molecule has 7 heteroatoms. The standard InChI is InChI=1S/C26H46O7/c1-2-3-4-5-6-7-8-9-10-11-12-13-14-15-16-17-18-19-22(28)32-20-21(27)25-23(29)24(30)26(31)33-25/h21,25,27,29-30H,2-20H2,1H3/t21?,25-/m1/s1. The normalized spacial score (nSPS) is 16.8. The molecular formula is C26H46O7. The van der Waals surface area contributed by atoms with Gasteiger partial charge in [-0.1, -0.05) is 110 Å². The molecule has 0 aromatic carbocycles. The minimum Gasteiger partial charge on any atom is -0.505 e. The number of ether oxygens (including phenoxy) is 2. The SMILES string of the molecule is CCCCCCCCCCCCCCCCCCCC(=O)OCC(O)[C@H]1OC(=O)C(O)=C1O. The second-order valence-electron chi connectivity index (χ2n) is 9.22. The van der Waals surface area contributed by atoms with Crippen molar-refractivity contribution in [1.29, 1.82) is 0 Å². The zero-order chi connectivity index (χ0) is 24.3. The van der Waals surface area contributed by atoms with Gasteiger partial charge in [0.1, 0.15) is 12.7 Å². The van der Waals surface area contributed by atoms with E-state index in [4.69, 9.17) is 4.74 Å². The minimum absolute atomic E-state index is 0.267. The fourth-order valence-electron chi connectivity index (χ4n) is 4.06. The van der Waals surface area contributed by atoms with Crippen LogP contribution < -0.4 is 0 Å². The van der Waals surface area contributed by atoms with Gasteiger partial charge in [-0.05, 0) is 6.42 Å². The summed E-state index contributed by atoms with van der Waals surface area (Å²) < 4.78 is 9.59. The van der Waals surface area contributed by atoms with Crippen LogP contribution in [0, 0.1) is 0 Å². The molecule has 0 saturated carbocycles. The molecule has 0 fully saturated rings. The molecule has 0 aromatic heterocycles. The Bertz CT molecular complexity index is 573. The van der Waals surface area contributed by atoms with Crippen LogP contribution in [0.5, 0.6) is 0 Å². The predicted molar refractivity (Wildman–Crippen MR) is 128 cm³/mol. The van der Waals surface area contributed by atoms with Crippen molar-refractivity contribution in [2.75, 3.05) is 6.61 Å². The zero-order valence-corrected chi connectivity index (χ0v) is 20.6. The van der Waals surface area contributed by atoms with Crippen LogP contribution in [0.25, 0.3) is 0 Å². The number of hydrogen-bond donors (Lipinski definition) is 3. The highest BCUT2D eigenvalue weighted by Crippen LogP contribution is 2.21. The van der Waals surface area contributed by atoms with Gasteiger partial charge in [0.15, 0.2) is 11.9 Å². The van der Waals surface area contributed by atoms with Gasteiger partial charge in [0, 0.05) is 6.42 Å². The van der Waals surface area contributed by atoms with Crippen molar-refractivity contribution in [3.63, 3.8) is 0 Å². The van der Waals surface area contributed by atoms with E-state index in [0.717, 1.165) is 19.3 Å². The van der Waals surface area contributed by atoms with Crippen LogP contribution in [0.4, 0.5) is 0 Å². The van der Waals surface area contributed by atoms with Gasteiger partial charge in [0.25, 0.3) is 0 Å². The molecule has 1 unspecified atom stereocenters. The van der Waals surface area contributed by atoms with Crippen molar-refractivity contribution in [3.8, 4) is 0 Å². The first-order valence-corrected chi connectivity index (χ1v) is 13.1. The molecule has 0 saturated heterocycles. The number of rotatable bonds is 21. The fraction of sp³-hybridized carbons (Fsp3) is 0.846. The molecule has 192 valence electrons. The van der Waals surface area contributed by atoms with Gasteiger partial charge in [-0.25, -0.2) is 4.79 Å². The highest BCUT2D eigenvalue weighted by atomic mass is 16.6. The summed E-state index contributed by atoms with van der Waals surface area (Å²) in [5.41, 5.74) is 0. The van der Waals surface area contributed by atoms with Crippen LogP contribution in [0.2, 0.25) is 0 Å². The first-order chi connectivity index (χ1) is 16.0. The number of aliphatic hydroxyl groups excluding tert-OH is 3. The molecule has 7 nitrogen and oxygen atoms in total. The average Bonchev–Trinajstić information content (AvgIpc) is 3.06. The topological polar surface area (TPSA) is 113 Å². The Morgan fingerprint density at radius 1 is 0.818 bits per heavy atom. The predicted octanol–water partition coefficient (Wildman–Crippen LogP) is 6.19. The highest BCUT2D eigenvalue weighted by molar-refractivity contribution is 5.89. The molecule has 0 aliphatic carbocycles. The summed E-state index contributed by atoms with van der Waals surface area (Å²) in [5.74, 6) is -3.20. The summed E-state index contributed by atoms with van der Waals surface area (Å²) in [6.45, 7) is 1.85. The Kier molecular flexibility index (Phi) is 16.5. The lowest BCUT2D eigenvalue weighted by atomic mass is 10.0. The van der Waals surface area contributed by atoms with Gasteiger partial charge in [-0.3, -0.25) is 4.79 Å². The third kappa shape index (κ3) is 13.5. The summed E-state index contributed by atoms with van der Waals surface area (Å²) in [7, 11) is 0. The molecule has 1 aliphatic heterocycles. The number of carbonyl (C=O) groups is 2. The van der Waals surface area contributed by atoms with E-state index >= 15 is 0 Å². The lowest BCUT2D eigenvalue weighted by Gasteiger charge is -2.17. The number of cyclic esters (lactones) is 1. The summed E-state index contributed by atoms with van der Waals surface area (Å²) in [6, 6.07) is 0. The molecule has 0 radical (unpaired) electrons. The first kappa shape index (κ1) is 29.3. The van der Waals surface area contributed by atoms with Gasteiger partial charge in [-0.2, -0.15) is 0 Å². The molecule has 0 aromatic rings. The Morgan fingerprint density at radius 3 is 1.64 bits per heavy atom. The van der Waals surface area contributed by atoms with Crippen molar-refractivity contribution >= 4 is 11.9 Å². The molecule has 2 atom stereocenters. The quantitative estimate of drug-likeness (QED) is 0.135. The number of unbranched alkanes of at least 4 members (excludes halogenated alkanes) is 16. The van der Waals surface area contributed by atoms with E-state index in [1.807, 2.05) is 0 Å². The molecule has 33 heavy (non-hydrogen) atoms. The van der Waals surface area contributed by atoms with E-state index in [1.54, 1.807) is 0 Å². The Balaban J connectivity index is 1.84. The molecule has 0 amide bonds. The van der Waals surface area contributed by atoms with Gasteiger partial charge in [0.05, 0.1) is 0 Å². The van der Waals surface area contributed by atoms with E-state index in [2.05, 4.69) is 11.7 Å². The smallest absolute Gasteiger partial charge is 0.377 e. The molecule has 1 aliphatic rings. The second kappa shape index (κ2) is 18.6. The summed E-state index contributed by atoms with van der Waals surface area (Å²) >= 11 is 0. The number of carbonyl (C=O) groups excluding carboxylic acids is 2. The first-order valence-electron chi connectivity index (χ1n) is 13.1. The van der Waals surface area contributed by atoms with Crippen LogP contribution in [0.1, 0.15) is 122 Å². The fourth-order valence-corrected chi connectivity index (χ4v) is 4.06. The average molecular weight is 471 g/mol. The number of aliphatic hydroxyl groups is 3. The maximum Gasteiger partial charge on any atom is 0.377 e. The molecule has 0 bridgehead atoms. The number of esters is 2. The largest absolute Gasteiger partial charge is 0.505 e. The van der Waals surface area contributed by atoms with Crippen LogP contribution >= 0.6 is 0 Å². The van der Waals surface area contributed by atoms with Crippen molar-refractivity contribution in [2.24, 2.45) is 0 Å². The van der Waals surface area contributed by atoms with E-state index in [9.17, 15) is 24.9 Å². The van der Waals surface area contributed by atoms with Crippen LogP contribution in [-0.4, -0.2) is 46.1 Å². The molecule has 0 spiro atoms. The van der Waals surface area contributed by atoms with Crippen molar-refractivity contribution < 1.29 is 34.4 Å². The van der Waals surface area contributed by atoms with Crippen molar-refractivity contribution in [2.45, 2.75) is 135 Å². The Morgan fingerprint density at radius 2 is 1.24 bits per heavy atom. The van der Waals surface area contributed by atoms with Crippen molar-refractivity contribution in [1.82, 2.24) is 0 Å². The third-order valence-electron chi connectivity index (χ3n) is 6.19.